The van der Waals surface area contributed by atoms with Crippen LogP contribution in [0.1, 0.15) is 19.3 Å². The summed E-state index contributed by atoms with van der Waals surface area (Å²) in [5, 5.41) is 8.54. The Morgan fingerprint density at radius 3 is 3.00 bits per heavy atom. The van der Waals surface area contributed by atoms with Gasteiger partial charge in [-0.25, -0.2) is 9.18 Å². The number of fused-ring (bicyclic) bond motifs is 1. The van der Waals surface area contributed by atoms with Crippen molar-refractivity contribution in [2.24, 2.45) is 5.92 Å². The Labute approximate surface area is 80.7 Å². The van der Waals surface area contributed by atoms with E-state index in [2.05, 4.69) is 0 Å². The second-order valence-corrected chi connectivity index (χ2v) is 3.90. The van der Waals surface area contributed by atoms with Gasteiger partial charge in [0, 0.05) is 24.9 Å². The highest BCUT2D eigenvalue weighted by atomic mass is 19.1. The molecule has 0 bridgehead atoms. The van der Waals surface area contributed by atoms with E-state index < -0.39 is 18.1 Å². The standard InChI is InChI=1S/C9H12FNO3/c10-8(9(13)14)5-4-7(12)11-3-1-2-6(5)11/h5-6,8H,1-4H2,(H,13,14). The lowest BCUT2D eigenvalue weighted by Gasteiger charge is -2.20. The fourth-order valence-electron chi connectivity index (χ4n) is 2.48. The first-order chi connectivity index (χ1) is 6.61. The van der Waals surface area contributed by atoms with E-state index in [9.17, 15) is 14.0 Å². The van der Waals surface area contributed by atoms with E-state index in [1.807, 2.05) is 0 Å². The van der Waals surface area contributed by atoms with Crippen LogP contribution in [-0.2, 0) is 9.59 Å². The van der Waals surface area contributed by atoms with E-state index in [1.165, 1.54) is 0 Å². The van der Waals surface area contributed by atoms with Gasteiger partial charge in [0.25, 0.3) is 0 Å². The van der Waals surface area contributed by atoms with Gasteiger partial charge in [0.05, 0.1) is 0 Å². The molecule has 4 nitrogen and oxygen atoms in total. The zero-order chi connectivity index (χ0) is 10.3. The van der Waals surface area contributed by atoms with E-state index in [0.29, 0.717) is 6.54 Å². The van der Waals surface area contributed by atoms with Crippen molar-refractivity contribution in [2.45, 2.75) is 31.5 Å². The Morgan fingerprint density at radius 1 is 1.64 bits per heavy atom. The monoisotopic (exact) mass is 201 g/mol. The number of rotatable bonds is 2. The summed E-state index contributed by atoms with van der Waals surface area (Å²) in [5.41, 5.74) is 0. The summed E-state index contributed by atoms with van der Waals surface area (Å²) < 4.78 is 13.3. The predicted octanol–water partition coefficient (Wildman–Crippen LogP) is 0.420. The first-order valence-corrected chi connectivity index (χ1v) is 4.77. The van der Waals surface area contributed by atoms with Gasteiger partial charge in [-0.2, -0.15) is 0 Å². The highest BCUT2D eigenvalue weighted by Crippen LogP contribution is 2.36. The molecule has 0 radical (unpaired) electrons. The summed E-state index contributed by atoms with van der Waals surface area (Å²) >= 11 is 0. The molecule has 0 spiro atoms. The molecule has 0 aromatic heterocycles. The smallest absolute Gasteiger partial charge is 0.338 e. The van der Waals surface area contributed by atoms with Crippen LogP contribution < -0.4 is 0 Å². The molecule has 2 saturated heterocycles. The number of carboxylic acids is 1. The molecule has 3 unspecified atom stereocenters. The Hall–Kier alpha value is -1.13. The normalized spacial score (nSPS) is 33.2. The van der Waals surface area contributed by atoms with Gasteiger partial charge in [-0.3, -0.25) is 4.79 Å². The third kappa shape index (κ3) is 1.27. The van der Waals surface area contributed by atoms with Crippen molar-refractivity contribution in [1.29, 1.82) is 0 Å². The zero-order valence-electron chi connectivity index (χ0n) is 7.65. The fourth-order valence-corrected chi connectivity index (χ4v) is 2.48. The van der Waals surface area contributed by atoms with Crippen LogP contribution in [-0.4, -0.2) is 40.6 Å². The molecule has 2 aliphatic rings. The molecule has 14 heavy (non-hydrogen) atoms. The summed E-state index contributed by atoms with van der Waals surface area (Å²) in [5.74, 6) is -2.18. The number of alkyl halides is 1. The summed E-state index contributed by atoms with van der Waals surface area (Å²) in [6.45, 7) is 0.659. The number of halogens is 1. The third-order valence-corrected chi connectivity index (χ3v) is 3.14. The lowest BCUT2D eigenvalue weighted by atomic mass is 9.93. The van der Waals surface area contributed by atoms with Crippen LogP contribution in [0.2, 0.25) is 0 Å². The molecule has 0 aliphatic carbocycles. The molecule has 0 aromatic rings. The zero-order valence-corrected chi connectivity index (χ0v) is 7.65. The molecule has 0 aromatic carbocycles. The molecule has 5 heteroatoms. The lowest BCUT2D eigenvalue weighted by molar-refractivity contribution is -0.145. The van der Waals surface area contributed by atoms with Gasteiger partial charge in [-0.05, 0) is 12.8 Å². The Kier molecular flexibility index (Phi) is 2.17. The Balaban J connectivity index is 2.14. The number of aliphatic carboxylic acids is 1. The van der Waals surface area contributed by atoms with Crippen molar-refractivity contribution in [3.8, 4) is 0 Å². The van der Waals surface area contributed by atoms with E-state index in [1.54, 1.807) is 4.90 Å². The maximum Gasteiger partial charge on any atom is 0.338 e. The Morgan fingerprint density at radius 2 is 2.36 bits per heavy atom. The molecule has 78 valence electrons. The van der Waals surface area contributed by atoms with Gasteiger partial charge >= 0.3 is 5.97 Å². The molecule has 2 fully saturated rings. The van der Waals surface area contributed by atoms with Crippen molar-refractivity contribution in [1.82, 2.24) is 4.90 Å². The Bertz CT molecular complexity index is 281. The molecule has 1 N–H and O–H groups in total. The molecule has 2 aliphatic heterocycles. The predicted molar refractivity (Wildman–Crippen MR) is 45.4 cm³/mol. The SMILES string of the molecule is O=C(O)C(F)C1CC(=O)N2CCCC12. The minimum absolute atomic E-state index is 0.0537. The maximum absolute atomic E-state index is 13.3. The maximum atomic E-state index is 13.3. The van der Waals surface area contributed by atoms with Crippen LogP contribution in [0.25, 0.3) is 0 Å². The number of carbonyl (C=O) groups is 2. The number of hydrogen-bond acceptors (Lipinski definition) is 2. The van der Waals surface area contributed by atoms with E-state index >= 15 is 0 Å². The number of hydrogen-bond donors (Lipinski definition) is 1. The van der Waals surface area contributed by atoms with E-state index in [0.717, 1.165) is 12.8 Å². The summed E-state index contributed by atoms with van der Waals surface area (Å²) in [4.78, 5) is 23.5. The second-order valence-electron chi connectivity index (χ2n) is 3.90. The van der Waals surface area contributed by atoms with Crippen LogP contribution in [0.15, 0.2) is 0 Å². The highest BCUT2D eigenvalue weighted by molar-refractivity contribution is 5.82. The van der Waals surface area contributed by atoms with Gasteiger partial charge in [0.2, 0.25) is 12.1 Å². The quantitative estimate of drug-likeness (QED) is 0.704. The van der Waals surface area contributed by atoms with E-state index in [-0.39, 0.29) is 18.4 Å². The molecular formula is C9H12FNO3. The molecule has 2 rings (SSSR count). The average Bonchev–Trinajstić information content (AvgIpc) is 2.68. The van der Waals surface area contributed by atoms with Crippen LogP contribution in [0.3, 0.4) is 0 Å². The second kappa shape index (κ2) is 3.22. The third-order valence-electron chi connectivity index (χ3n) is 3.14. The van der Waals surface area contributed by atoms with Crippen molar-refractivity contribution >= 4 is 11.9 Å². The van der Waals surface area contributed by atoms with Crippen molar-refractivity contribution < 1.29 is 19.1 Å². The molecular weight excluding hydrogens is 189 g/mol. The first kappa shape index (κ1) is 9.43. The molecule has 0 saturated carbocycles. The minimum Gasteiger partial charge on any atom is -0.479 e. The summed E-state index contributed by atoms with van der Waals surface area (Å²) in [6.07, 6.45) is -0.242. The highest BCUT2D eigenvalue weighted by Gasteiger charge is 2.48. The molecule has 3 atom stereocenters. The molecule has 1 amide bonds. The first-order valence-electron chi connectivity index (χ1n) is 4.77. The van der Waals surface area contributed by atoms with E-state index in [4.69, 9.17) is 5.11 Å². The van der Waals surface area contributed by atoms with Crippen molar-refractivity contribution in [3.05, 3.63) is 0 Å². The minimum atomic E-state index is -1.90. The van der Waals surface area contributed by atoms with Gasteiger partial charge in [0.1, 0.15) is 0 Å². The van der Waals surface area contributed by atoms with Gasteiger partial charge < -0.3 is 10.0 Å². The van der Waals surface area contributed by atoms with Gasteiger partial charge in [-0.15, -0.1) is 0 Å². The number of carboxylic acid groups (broad SMARTS) is 1. The van der Waals surface area contributed by atoms with Crippen molar-refractivity contribution in [2.75, 3.05) is 6.54 Å². The topological polar surface area (TPSA) is 57.6 Å². The van der Waals surface area contributed by atoms with Crippen molar-refractivity contribution in [3.63, 3.8) is 0 Å². The van der Waals surface area contributed by atoms with Crippen LogP contribution >= 0.6 is 0 Å². The average molecular weight is 201 g/mol. The van der Waals surface area contributed by atoms with Gasteiger partial charge in [0.15, 0.2) is 0 Å². The summed E-state index contributed by atoms with van der Waals surface area (Å²) in [7, 11) is 0. The largest absolute Gasteiger partial charge is 0.479 e. The lowest BCUT2D eigenvalue weighted by Crippen LogP contribution is -2.35. The number of amides is 1. The number of nitrogens with zero attached hydrogens (tertiary/aromatic N) is 1. The fraction of sp³-hybridized carbons (Fsp3) is 0.778. The molecule has 2 heterocycles. The number of carbonyl (C=O) groups excluding carboxylic acids is 1. The van der Waals surface area contributed by atoms with Crippen LogP contribution in [0, 0.1) is 5.92 Å². The van der Waals surface area contributed by atoms with Gasteiger partial charge in [-0.1, -0.05) is 0 Å². The summed E-state index contributed by atoms with van der Waals surface area (Å²) in [6, 6.07) is -0.173. The van der Waals surface area contributed by atoms with Crippen LogP contribution in [0.5, 0.6) is 0 Å². The van der Waals surface area contributed by atoms with Crippen LogP contribution in [0.4, 0.5) is 4.39 Å².